The van der Waals surface area contributed by atoms with Gasteiger partial charge >= 0.3 is 0 Å². The van der Waals surface area contributed by atoms with Crippen LogP contribution < -0.4 is 4.90 Å². The number of rotatable bonds is 3. The molecule has 1 aliphatic carbocycles. The summed E-state index contributed by atoms with van der Waals surface area (Å²) < 4.78 is 0. The van der Waals surface area contributed by atoms with Gasteiger partial charge in [-0.15, -0.1) is 0 Å². The van der Waals surface area contributed by atoms with E-state index in [4.69, 9.17) is 0 Å². The molecular weight excluding hydrogens is 244 g/mol. The standard InChI is InChI=1S/C18H18N2/c1-20(2)16-10-8-14(9-11-16)17-12-18(17,13-19)15-6-4-3-5-7-15/h3-11,17H,12H2,1-2H3. The molecule has 0 spiro atoms. The van der Waals surface area contributed by atoms with Crippen molar-refractivity contribution in [1.82, 2.24) is 0 Å². The molecule has 1 saturated carbocycles. The molecule has 2 atom stereocenters. The van der Waals surface area contributed by atoms with Crippen LogP contribution in [0.4, 0.5) is 5.69 Å². The number of nitriles is 1. The Hall–Kier alpha value is -2.27. The molecule has 0 aliphatic heterocycles. The summed E-state index contributed by atoms with van der Waals surface area (Å²) in [5.74, 6) is 0.325. The molecule has 1 aliphatic rings. The normalized spacial score (nSPS) is 23.9. The molecule has 20 heavy (non-hydrogen) atoms. The van der Waals surface area contributed by atoms with E-state index >= 15 is 0 Å². The molecule has 100 valence electrons. The van der Waals surface area contributed by atoms with Crippen LogP contribution in [-0.2, 0) is 5.41 Å². The first-order chi connectivity index (χ1) is 9.67. The van der Waals surface area contributed by atoms with Crippen LogP contribution in [0.25, 0.3) is 0 Å². The van der Waals surface area contributed by atoms with Crippen LogP contribution in [0.2, 0.25) is 0 Å². The van der Waals surface area contributed by atoms with Crippen molar-refractivity contribution in [2.45, 2.75) is 17.8 Å². The Bertz CT molecular complexity index is 637. The molecule has 0 bridgehead atoms. The van der Waals surface area contributed by atoms with Crippen LogP contribution in [0.1, 0.15) is 23.5 Å². The number of anilines is 1. The van der Waals surface area contributed by atoms with E-state index < -0.39 is 0 Å². The average Bonchev–Trinajstić information content (AvgIpc) is 3.24. The lowest BCUT2D eigenvalue weighted by molar-refractivity contribution is 0.856. The zero-order valence-electron chi connectivity index (χ0n) is 11.9. The zero-order valence-corrected chi connectivity index (χ0v) is 11.9. The molecular formula is C18H18N2. The smallest absolute Gasteiger partial charge is 0.0897 e. The Balaban J connectivity index is 1.89. The van der Waals surface area contributed by atoms with Gasteiger partial charge < -0.3 is 4.90 Å². The van der Waals surface area contributed by atoms with Crippen LogP contribution in [0, 0.1) is 11.3 Å². The van der Waals surface area contributed by atoms with Gasteiger partial charge in [0, 0.05) is 25.7 Å². The molecule has 0 aromatic heterocycles. The summed E-state index contributed by atoms with van der Waals surface area (Å²) in [5, 5.41) is 9.63. The van der Waals surface area contributed by atoms with Gasteiger partial charge in [0.25, 0.3) is 0 Å². The van der Waals surface area contributed by atoms with Crippen molar-refractivity contribution in [3.63, 3.8) is 0 Å². The molecule has 1 fully saturated rings. The lowest BCUT2D eigenvalue weighted by Crippen LogP contribution is -2.09. The highest BCUT2D eigenvalue weighted by molar-refractivity contribution is 5.53. The molecule has 0 saturated heterocycles. The first-order valence-electron chi connectivity index (χ1n) is 6.91. The minimum absolute atomic E-state index is 0.319. The van der Waals surface area contributed by atoms with Crippen molar-refractivity contribution in [3.05, 3.63) is 65.7 Å². The summed E-state index contributed by atoms with van der Waals surface area (Å²) in [7, 11) is 4.07. The maximum absolute atomic E-state index is 9.63. The Morgan fingerprint density at radius 3 is 2.25 bits per heavy atom. The summed E-state index contributed by atoms with van der Waals surface area (Å²) in [6.07, 6.45) is 0.925. The van der Waals surface area contributed by atoms with Crippen molar-refractivity contribution in [1.29, 1.82) is 5.26 Å². The largest absolute Gasteiger partial charge is 0.378 e. The van der Waals surface area contributed by atoms with Gasteiger partial charge in [0.2, 0.25) is 0 Å². The van der Waals surface area contributed by atoms with Crippen molar-refractivity contribution >= 4 is 5.69 Å². The first-order valence-corrected chi connectivity index (χ1v) is 6.91. The number of hydrogen-bond acceptors (Lipinski definition) is 2. The fourth-order valence-electron chi connectivity index (χ4n) is 2.91. The van der Waals surface area contributed by atoms with Gasteiger partial charge in [-0.1, -0.05) is 42.5 Å². The van der Waals surface area contributed by atoms with E-state index in [1.165, 1.54) is 11.3 Å². The molecule has 0 amide bonds. The summed E-state index contributed by atoms with van der Waals surface area (Å²) in [6, 6.07) is 21.3. The monoisotopic (exact) mass is 262 g/mol. The third kappa shape index (κ3) is 1.96. The van der Waals surface area contributed by atoms with Crippen LogP contribution in [-0.4, -0.2) is 14.1 Å². The van der Waals surface area contributed by atoms with E-state index in [-0.39, 0.29) is 5.41 Å². The summed E-state index contributed by atoms with van der Waals surface area (Å²) in [6.45, 7) is 0. The van der Waals surface area contributed by atoms with E-state index in [9.17, 15) is 5.26 Å². The van der Waals surface area contributed by atoms with Crippen LogP contribution >= 0.6 is 0 Å². The molecule has 2 nitrogen and oxygen atoms in total. The van der Waals surface area contributed by atoms with Crippen LogP contribution in [0.3, 0.4) is 0 Å². The fourth-order valence-corrected chi connectivity index (χ4v) is 2.91. The molecule has 2 heteroatoms. The lowest BCUT2D eigenvalue weighted by atomic mass is 9.92. The third-order valence-electron chi connectivity index (χ3n) is 4.26. The predicted octanol–water partition coefficient (Wildman–Crippen LogP) is 3.70. The number of benzene rings is 2. The molecule has 2 unspecified atom stereocenters. The quantitative estimate of drug-likeness (QED) is 0.843. The van der Waals surface area contributed by atoms with E-state index in [2.05, 4.69) is 47.4 Å². The summed E-state index contributed by atoms with van der Waals surface area (Å²) in [5.41, 5.74) is 3.28. The highest BCUT2D eigenvalue weighted by Gasteiger charge is 2.56. The summed E-state index contributed by atoms with van der Waals surface area (Å²) >= 11 is 0. The molecule has 2 aromatic rings. The molecule has 3 rings (SSSR count). The Labute approximate surface area is 120 Å². The van der Waals surface area contributed by atoms with E-state index in [1.54, 1.807) is 0 Å². The highest BCUT2D eigenvalue weighted by Crippen LogP contribution is 2.60. The van der Waals surface area contributed by atoms with Gasteiger partial charge in [0.1, 0.15) is 0 Å². The maximum Gasteiger partial charge on any atom is 0.0897 e. The van der Waals surface area contributed by atoms with Gasteiger partial charge in [0.15, 0.2) is 0 Å². The van der Waals surface area contributed by atoms with Gasteiger partial charge in [-0.3, -0.25) is 0 Å². The van der Waals surface area contributed by atoms with Gasteiger partial charge in [0.05, 0.1) is 11.5 Å². The second-order valence-electron chi connectivity index (χ2n) is 5.69. The average molecular weight is 262 g/mol. The second-order valence-corrected chi connectivity index (χ2v) is 5.69. The van der Waals surface area contributed by atoms with Gasteiger partial charge in [-0.25, -0.2) is 0 Å². The Morgan fingerprint density at radius 1 is 1.05 bits per heavy atom. The van der Waals surface area contributed by atoms with Gasteiger partial charge in [-0.2, -0.15) is 5.26 Å². The highest BCUT2D eigenvalue weighted by atomic mass is 15.1. The van der Waals surface area contributed by atoms with Crippen molar-refractivity contribution in [3.8, 4) is 6.07 Å². The topological polar surface area (TPSA) is 27.0 Å². The lowest BCUT2D eigenvalue weighted by Gasteiger charge is -2.13. The number of nitrogens with zero attached hydrogens (tertiary/aromatic N) is 2. The Kier molecular flexibility index (Phi) is 2.99. The third-order valence-corrected chi connectivity index (χ3v) is 4.26. The van der Waals surface area contributed by atoms with E-state index in [0.717, 1.165) is 12.0 Å². The fraction of sp³-hybridized carbons (Fsp3) is 0.278. The minimum Gasteiger partial charge on any atom is -0.378 e. The minimum atomic E-state index is -0.319. The second kappa shape index (κ2) is 4.68. The van der Waals surface area contributed by atoms with Crippen molar-refractivity contribution < 1.29 is 0 Å². The van der Waals surface area contributed by atoms with Crippen LogP contribution in [0.5, 0.6) is 0 Å². The molecule has 0 heterocycles. The SMILES string of the molecule is CN(C)c1ccc(C2CC2(C#N)c2ccccc2)cc1. The number of hydrogen-bond donors (Lipinski definition) is 0. The maximum atomic E-state index is 9.63. The molecule has 0 N–H and O–H groups in total. The first kappa shape index (κ1) is 12.7. The Morgan fingerprint density at radius 2 is 1.70 bits per heavy atom. The van der Waals surface area contributed by atoms with Crippen molar-refractivity contribution in [2.75, 3.05) is 19.0 Å². The summed E-state index contributed by atoms with van der Waals surface area (Å²) in [4.78, 5) is 2.09. The van der Waals surface area contributed by atoms with Gasteiger partial charge in [-0.05, 0) is 29.7 Å². The molecule has 0 radical (unpaired) electrons. The zero-order chi connectivity index (χ0) is 14.2. The van der Waals surface area contributed by atoms with Crippen molar-refractivity contribution in [2.24, 2.45) is 0 Å². The predicted molar refractivity (Wildman–Crippen MR) is 81.9 cm³/mol. The van der Waals surface area contributed by atoms with E-state index in [1.807, 2.05) is 32.3 Å². The van der Waals surface area contributed by atoms with Crippen LogP contribution in [0.15, 0.2) is 54.6 Å². The molecule has 2 aromatic carbocycles. The van der Waals surface area contributed by atoms with E-state index in [0.29, 0.717) is 5.92 Å².